The van der Waals surface area contributed by atoms with Gasteiger partial charge in [0.25, 0.3) is 0 Å². The second-order valence-electron chi connectivity index (χ2n) is 3.82. The Morgan fingerprint density at radius 1 is 1.44 bits per heavy atom. The highest BCUT2D eigenvalue weighted by atomic mass is 35.5. The molecule has 16 heavy (non-hydrogen) atoms. The largest absolute Gasteiger partial charge is 0.496 e. The molecule has 4 heteroatoms. The zero-order chi connectivity index (χ0) is 11.4. The molecule has 0 radical (unpaired) electrons. The summed E-state index contributed by atoms with van der Waals surface area (Å²) in [5.41, 5.74) is 8.28. The van der Waals surface area contributed by atoms with Crippen molar-refractivity contribution in [3.05, 3.63) is 23.3 Å². The molecule has 0 heterocycles. The van der Waals surface area contributed by atoms with Crippen LogP contribution in [0, 0.1) is 6.92 Å². The van der Waals surface area contributed by atoms with E-state index in [1.165, 1.54) is 16.0 Å². The minimum absolute atomic E-state index is 0. The van der Waals surface area contributed by atoms with Crippen molar-refractivity contribution in [2.75, 3.05) is 13.4 Å². The predicted molar refractivity (Wildman–Crippen MR) is 74.1 cm³/mol. The number of aryl methyl sites for hydroxylation is 1. The van der Waals surface area contributed by atoms with Crippen molar-refractivity contribution in [1.29, 1.82) is 0 Å². The molecule has 0 fully saturated rings. The van der Waals surface area contributed by atoms with Gasteiger partial charge in [0.2, 0.25) is 0 Å². The van der Waals surface area contributed by atoms with Crippen LogP contribution in [0.4, 0.5) is 0 Å². The summed E-state index contributed by atoms with van der Waals surface area (Å²) >= 11 is 1.76. The fourth-order valence-electron chi connectivity index (χ4n) is 1.62. The Bertz CT molecular complexity index is 342. The Hall–Kier alpha value is -0.380. The Morgan fingerprint density at radius 3 is 2.50 bits per heavy atom. The van der Waals surface area contributed by atoms with Crippen molar-refractivity contribution in [3.63, 3.8) is 0 Å². The highest BCUT2D eigenvalue weighted by molar-refractivity contribution is 7.98. The summed E-state index contributed by atoms with van der Waals surface area (Å²) in [6.07, 6.45) is 2.98. The van der Waals surface area contributed by atoms with Crippen molar-refractivity contribution in [2.24, 2.45) is 5.73 Å². The van der Waals surface area contributed by atoms with Crippen LogP contribution in [0.2, 0.25) is 0 Å². The lowest BCUT2D eigenvalue weighted by atomic mass is 10.0. The number of nitrogens with two attached hydrogens (primary N) is 1. The van der Waals surface area contributed by atoms with Gasteiger partial charge in [-0.05, 0) is 49.8 Å². The van der Waals surface area contributed by atoms with Crippen LogP contribution in [0.3, 0.4) is 0 Å². The molecular formula is C12H20ClNOS. The third kappa shape index (κ3) is 3.89. The Morgan fingerprint density at radius 2 is 2.06 bits per heavy atom. The highest BCUT2D eigenvalue weighted by Crippen LogP contribution is 2.29. The lowest BCUT2D eigenvalue weighted by molar-refractivity contribution is 0.410. The van der Waals surface area contributed by atoms with E-state index in [1.54, 1.807) is 18.9 Å². The van der Waals surface area contributed by atoms with Crippen LogP contribution in [-0.4, -0.2) is 19.4 Å². The summed E-state index contributed by atoms with van der Waals surface area (Å²) in [6, 6.07) is 4.45. The van der Waals surface area contributed by atoms with Crippen LogP contribution < -0.4 is 10.5 Å². The van der Waals surface area contributed by atoms with E-state index in [4.69, 9.17) is 10.5 Å². The summed E-state index contributed by atoms with van der Waals surface area (Å²) < 4.78 is 5.32. The molecule has 92 valence electrons. The maximum absolute atomic E-state index is 5.83. The first-order chi connectivity index (χ1) is 7.08. The lowest BCUT2D eigenvalue weighted by Crippen LogP contribution is -2.18. The maximum atomic E-state index is 5.83. The van der Waals surface area contributed by atoms with E-state index in [2.05, 4.69) is 25.3 Å². The van der Waals surface area contributed by atoms with Crippen molar-refractivity contribution in [1.82, 2.24) is 0 Å². The summed E-state index contributed by atoms with van der Waals surface area (Å²) in [6.45, 7) is 4.09. The number of rotatable bonds is 4. The first-order valence-corrected chi connectivity index (χ1v) is 6.28. The number of ether oxygens (including phenoxy) is 1. The summed E-state index contributed by atoms with van der Waals surface area (Å²) in [5.74, 6) is 0.948. The van der Waals surface area contributed by atoms with Crippen LogP contribution in [0.1, 0.15) is 18.1 Å². The van der Waals surface area contributed by atoms with Gasteiger partial charge in [-0.25, -0.2) is 0 Å². The van der Waals surface area contributed by atoms with E-state index < -0.39 is 0 Å². The Labute approximate surface area is 108 Å². The normalized spacial score (nSPS) is 11.8. The average Bonchev–Trinajstić information content (AvgIpc) is 2.19. The van der Waals surface area contributed by atoms with Gasteiger partial charge in [0.15, 0.2) is 0 Å². The van der Waals surface area contributed by atoms with Crippen LogP contribution in [-0.2, 0) is 6.42 Å². The van der Waals surface area contributed by atoms with Gasteiger partial charge in [0.1, 0.15) is 5.75 Å². The number of thioether (sulfide) groups is 1. The van der Waals surface area contributed by atoms with E-state index in [9.17, 15) is 0 Å². The molecule has 0 saturated carbocycles. The third-order valence-corrected chi connectivity index (χ3v) is 3.16. The molecular weight excluding hydrogens is 242 g/mol. The first-order valence-electron chi connectivity index (χ1n) is 5.05. The molecule has 1 rings (SSSR count). The van der Waals surface area contributed by atoms with Crippen molar-refractivity contribution >= 4 is 24.2 Å². The molecule has 2 nitrogen and oxygen atoms in total. The fourth-order valence-corrected chi connectivity index (χ4v) is 2.32. The fraction of sp³-hybridized carbons (Fsp3) is 0.500. The predicted octanol–water partition coefficient (Wildman–Crippen LogP) is 3.04. The molecule has 1 aromatic carbocycles. The zero-order valence-electron chi connectivity index (χ0n) is 10.2. The molecule has 0 amide bonds. The van der Waals surface area contributed by atoms with Crippen LogP contribution >= 0.6 is 24.2 Å². The molecule has 0 aliphatic heterocycles. The van der Waals surface area contributed by atoms with E-state index >= 15 is 0 Å². The van der Waals surface area contributed by atoms with E-state index in [1.807, 2.05) is 6.92 Å². The third-order valence-electron chi connectivity index (χ3n) is 2.34. The number of benzene rings is 1. The second kappa shape index (κ2) is 7.05. The summed E-state index contributed by atoms with van der Waals surface area (Å²) in [7, 11) is 1.71. The van der Waals surface area contributed by atoms with Gasteiger partial charge in [0.05, 0.1) is 7.11 Å². The Kier molecular flexibility index (Phi) is 6.88. The molecule has 2 N–H and O–H groups in total. The smallest absolute Gasteiger partial charge is 0.122 e. The monoisotopic (exact) mass is 261 g/mol. The molecule has 1 unspecified atom stereocenters. The summed E-state index contributed by atoms with van der Waals surface area (Å²) in [4.78, 5) is 1.30. The van der Waals surface area contributed by atoms with Crippen molar-refractivity contribution < 1.29 is 4.74 Å². The quantitative estimate of drug-likeness (QED) is 0.847. The number of hydrogen-bond acceptors (Lipinski definition) is 3. The van der Waals surface area contributed by atoms with Gasteiger partial charge in [-0.2, -0.15) is 0 Å². The number of methoxy groups -OCH3 is 1. The standard InChI is InChI=1S/C12H19NOS.ClH/c1-8-5-12(15-4)10(6-9(2)13)7-11(8)14-3;/h5,7,9H,6,13H2,1-4H3;1H. The van der Waals surface area contributed by atoms with Gasteiger partial charge in [0, 0.05) is 10.9 Å². The minimum atomic E-state index is 0. The van der Waals surface area contributed by atoms with E-state index in [0.717, 1.165) is 12.2 Å². The second-order valence-corrected chi connectivity index (χ2v) is 4.66. The molecule has 0 aliphatic rings. The van der Waals surface area contributed by atoms with E-state index in [-0.39, 0.29) is 18.4 Å². The average molecular weight is 262 g/mol. The van der Waals surface area contributed by atoms with Crippen LogP contribution in [0.5, 0.6) is 5.75 Å². The highest BCUT2D eigenvalue weighted by Gasteiger charge is 2.08. The number of halogens is 1. The van der Waals surface area contributed by atoms with Crippen molar-refractivity contribution in [2.45, 2.75) is 31.2 Å². The van der Waals surface area contributed by atoms with Gasteiger partial charge >= 0.3 is 0 Å². The van der Waals surface area contributed by atoms with Crippen molar-refractivity contribution in [3.8, 4) is 5.75 Å². The Balaban J connectivity index is 0.00000225. The van der Waals surface area contributed by atoms with Crippen LogP contribution in [0.15, 0.2) is 17.0 Å². The maximum Gasteiger partial charge on any atom is 0.122 e. The molecule has 0 aliphatic carbocycles. The van der Waals surface area contributed by atoms with E-state index in [0.29, 0.717) is 0 Å². The summed E-state index contributed by atoms with van der Waals surface area (Å²) in [5, 5.41) is 0. The topological polar surface area (TPSA) is 35.2 Å². The molecule has 1 aromatic rings. The lowest BCUT2D eigenvalue weighted by Gasteiger charge is -2.14. The molecule has 1 atom stereocenters. The molecule has 0 spiro atoms. The number of hydrogen-bond donors (Lipinski definition) is 1. The van der Waals surface area contributed by atoms with Gasteiger partial charge in [-0.15, -0.1) is 24.2 Å². The zero-order valence-corrected chi connectivity index (χ0v) is 11.9. The first kappa shape index (κ1) is 15.6. The van der Waals surface area contributed by atoms with Crippen LogP contribution in [0.25, 0.3) is 0 Å². The molecule has 0 aromatic heterocycles. The van der Waals surface area contributed by atoms with Gasteiger partial charge < -0.3 is 10.5 Å². The minimum Gasteiger partial charge on any atom is -0.496 e. The SMILES string of the molecule is COc1cc(CC(C)N)c(SC)cc1C.Cl. The van der Waals surface area contributed by atoms with Gasteiger partial charge in [-0.3, -0.25) is 0 Å². The molecule has 0 saturated heterocycles. The van der Waals surface area contributed by atoms with Gasteiger partial charge in [-0.1, -0.05) is 0 Å². The molecule has 0 bridgehead atoms.